The largest absolute Gasteiger partial charge is 0.462 e. The maximum Gasteiger partial charge on any atom is 0.422 e. The molecule has 0 atom stereocenters. The van der Waals surface area contributed by atoms with Crippen LogP contribution in [-0.2, 0) is 14.3 Å². The summed E-state index contributed by atoms with van der Waals surface area (Å²) >= 11 is 0. The number of ether oxygens (including phenoxy) is 2. The lowest BCUT2D eigenvalue weighted by molar-refractivity contribution is -0.162. The summed E-state index contributed by atoms with van der Waals surface area (Å²) in [5, 5.41) is 0. The molecule has 0 saturated heterocycles. The SMILES string of the molecule is C=C(C(=O)OC(C)(C)CCOC(=O)c1ccccc1)C(F)(F)F. The average molecular weight is 330 g/mol. The fourth-order valence-corrected chi connectivity index (χ4v) is 1.53. The molecule has 0 spiro atoms. The van der Waals surface area contributed by atoms with Crippen molar-refractivity contribution in [3.63, 3.8) is 0 Å². The molecule has 0 aliphatic rings. The van der Waals surface area contributed by atoms with Gasteiger partial charge in [-0.25, -0.2) is 9.59 Å². The predicted octanol–water partition coefficient (Wildman–Crippen LogP) is 3.67. The molecule has 0 bridgehead atoms. The average Bonchev–Trinajstić information content (AvgIpc) is 2.45. The number of carbonyl (C=O) groups excluding carboxylic acids is 2. The highest BCUT2D eigenvalue weighted by atomic mass is 19.4. The molecule has 0 fully saturated rings. The number of benzene rings is 1. The Hall–Kier alpha value is -2.31. The molecular formula is C16H17F3O4. The molecule has 0 radical (unpaired) electrons. The summed E-state index contributed by atoms with van der Waals surface area (Å²) in [6, 6.07) is 8.23. The van der Waals surface area contributed by atoms with Crippen molar-refractivity contribution >= 4 is 11.9 Å². The Morgan fingerprint density at radius 1 is 1.13 bits per heavy atom. The monoisotopic (exact) mass is 330 g/mol. The number of alkyl halides is 3. The molecule has 23 heavy (non-hydrogen) atoms. The molecule has 0 unspecified atom stereocenters. The van der Waals surface area contributed by atoms with Gasteiger partial charge in [-0.05, 0) is 26.0 Å². The Balaban J connectivity index is 2.48. The van der Waals surface area contributed by atoms with E-state index in [0.717, 1.165) is 0 Å². The zero-order valence-electron chi connectivity index (χ0n) is 12.8. The van der Waals surface area contributed by atoms with E-state index in [9.17, 15) is 22.8 Å². The zero-order chi connectivity index (χ0) is 17.7. The van der Waals surface area contributed by atoms with E-state index in [1.807, 2.05) is 0 Å². The quantitative estimate of drug-likeness (QED) is 0.590. The molecule has 0 aliphatic heterocycles. The summed E-state index contributed by atoms with van der Waals surface area (Å²) in [5.41, 5.74) is -2.46. The summed E-state index contributed by atoms with van der Waals surface area (Å²) in [7, 11) is 0. The maximum atomic E-state index is 12.4. The van der Waals surface area contributed by atoms with Gasteiger partial charge in [0.05, 0.1) is 12.2 Å². The number of halogens is 3. The number of hydrogen-bond donors (Lipinski definition) is 0. The zero-order valence-corrected chi connectivity index (χ0v) is 12.8. The summed E-state index contributed by atoms with van der Waals surface area (Å²) in [6.07, 6.45) is -4.80. The molecule has 0 N–H and O–H groups in total. The molecule has 126 valence electrons. The first-order valence-corrected chi connectivity index (χ1v) is 6.74. The molecule has 0 amide bonds. The maximum absolute atomic E-state index is 12.4. The number of esters is 2. The molecule has 1 aromatic carbocycles. The summed E-state index contributed by atoms with van der Waals surface area (Å²) in [4.78, 5) is 23.1. The molecular weight excluding hydrogens is 313 g/mol. The van der Waals surface area contributed by atoms with Gasteiger partial charge in [0, 0.05) is 6.42 Å². The van der Waals surface area contributed by atoms with Crippen molar-refractivity contribution in [3.05, 3.63) is 48.0 Å². The van der Waals surface area contributed by atoms with Crippen molar-refractivity contribution in [3.8, 4) is 0 Å². The number of carbonyl (C=O) groups is 2. The van der Waals surface area contributed by atoms with Crippen molar-refractivity contribution in [2.24, 2.45) is 0 Å². The highest BCUT2D eigenvalue weighted by molar-refractivity contribution is 5.89. The first-order chi connectivity index (χ1) is 10.5. The van der Waals surface area contributed by atoms with Crippen molar-refractivity contribution in [2.45, 2.75) is 32.0 Å². The van der Waals surface area contributed by atoms with Crippen LogP contribution < -0.4 is 0 Å². The van der Waals surface area contributed by atoms with E-state index < -0.39 is 29.3 Å². The lowest BCUT2D eigenvalue weighted by atomic mass is 10.1. The minimum Gasteiger partial charge on any atom is -0.462 e. The van der Waals surface area contributed by atoms with Gasteiger partial charge in [-0.3, -0.25) is 0 Å². The van der Waals surface area contributed by atoms with Gasteiger partial charge >= 0.3 is 18.1 Å². The Bertz CT molecular complexity index is 577. The first kappa shape index (κ1) is 18.7. The van der Waals surface area contributed by atoms with Crippen LogP contribution >= 0.6 is 0 Å². The van der Waals surface area contributed by atoms with Crippen LogP contribution in [-0.4, -0.2) is 30.3 Å². The number of rotatable bonds is 6. The van der Waals surface area contributed by atoms with E-state index in [1.54, 1.807) is 30.3 Å². The van der Waals surface area contributed by atoms with Crippen LogP contribution in [0.1, 0.15) is 30.6 Å². The molecule has 0 saturated carbocycles. The van der Waals surface area contributed by atoms with Crippen LogP contribution in [0.3, 0.4) is 0 Å². The Kier molecular flexibility index (Phi) is 5.95. The first-order valence-electron chi connectivity index (χ1n) is 6.74. The van der Waals surface area contributed by atoms with Crippen molar-refractivity contribution in [1.82, 2.24) is 0 Å². The summed E-state index contributed by atoms with van der Waals surface area (Å²) < 4.78 is 46.8. The van der Waals surface area contributed by atoms with Crippen molar-refractivity contribution < 1.29 is 32.2 Å². The molecule has 4 nitrogen and oxygen atoms in total. The second-order valence-electron chi connectivity index (χ2n) is 5.38. The molecule has 7 heteroatoms. The topological polar surface area (TPSA) is 52.6 Å². The molecule has 0 aliphatic carbocycles. The fourth-order valence-electron chi connectivity index (χ4n) is 1.53. The smallest absolute Gasteiger partial charge is 0.422 e. The highest BCUT2D eigenvalue weighted by Crippen LogP contribution is 2.27. The number of hydrogen-bond acceptors (Lipinski definition) is 4. The van der Waals surface area contributed by atoms with E-state index in [-0.39, 0.29) is 13.0 Å². The second kappa shape index (κ2) is 7.30. The van der Waals surface area contributed by atoms with Gasteiger partial charge in [0.1, 0.15) is 11.2 Å². The third-order valence-electron chi connectivity index (χ3n) is 2.90. The Morgan fingerprint density at radius 2 is 1.70 bits per heavy atom. The standard InChI is InChI=1S/C16H17F3O4/c1-11(16(17,18)19)13(20)23-15(2,3)9-10-22-14(21)12-7-5-4-6-8-12/h4-8H,1,9-10H2,2-3H3. The second-order valence-corrected chi connectivity index (χ2v) is 5.38. The van der Waals surface area contributed by atoms with Crippen LogP contribution in [0.5, 0.6) is 0 Å². The summed E-state index contributed by atoms with van der Waals surface area (Å²) in [6.45, 7) is 5.41. The van der Waals surface area contributed by atoms with Gasteiger partial charge in [0.15, 0.2) is 0 Å². The van der Waals surface area contributed by atoms with Crippen LogP contribution in [0, 0.1) is 0 Å². The lowest BCUT2D eigenvalue weighted by Crippen LogP contribution is -2.33. The minimum absolute atomic E-state index is 0.0441. The van der Waals surface area contributed by atoms with Gasteiger partial charge in [-0.1, -0.05) is 24.8 Å². The normalized spacial score (nSPS) is 11.7. The van der Waals surface area contributed by atoms with Crippen LogP contribution in [0.4, 0.5) is 13.2 Å². The predicted molar refractivity (Wildman–Crippen MR) is 76.7 cm³/mol. The van der Waals surface area contributed by atoms with E-state index in [1.165, 1.54) is 13.8 Å². The third-order valence-corrected chi connectivity index (χ3v) is 2.90. The Labute approximate surface area is 131 Å². The van der Waals surface area contributed by atoms with Gasteiger partial charge in [-0.2, -0.15) is 13.2 Å². The van der Waals surface area contributed by atoms with Gasteiger partial charge in [-0.15, -0.1) is 0 Å². The lowest BCUT2D eigenvalue weighted by Gasteiger charge is -2.25. The fraction of sp³-hybridized carbons (Fsp3) is 0.375. The molecule has 1 aromatic rings. The van der Waals surface area contributed by atoms with E-state index in [4.69, 9.17) is 9.47 Å². The third kappa shape index (κ3) is 6.14. The molecule has 0 heterocycles. The van der Waals surface area contributed by atoms with Gasteiger partial charge in [0.25, 0.3) is 0 Å². The van der Waals surface area contributed by atoms with E-state index in [2.05, 4.69) is 6.58 Å². The Morgan fingerprint density at radius 3 is 2.22 bits per heavy atom. The summed E-state index contributed by atoms with van der Waals surface area (Å²) in [5.74, 6) is -2.11. The van der Waals surface area contributed by atoms with Gasteiger partial charge in [0.2, 0.25) is 0 Å². The van der Waals surface area contributed by atoms with E-state index in [0.29, 0.717) is 5.56 Å². The van der Waals surface area contributed by atoms with Crippen LogP contribution in [0.15, 0.2) is 42.5 Å². The van der Waals surface area contributed by atoms with Gasteiger partial charge < -0.3 is 9.47 Å². The van der Waals surface area contributed by atoms with Crippen molar-refractivity contribution in [1.29, 1.82) is 0 Å². The highest BCUT2D eigenvalue weighted by Gasteiger charge is 2.39. The minimum atomic E-state index is -4.84. The van der Waals surface area contributed by atoms with Crippen molar-refractivity contribution in [2.75, 3.05) is 6.61 Å². The van der Waals surface area contributed by atoms with Crippen LogP contribution in [0.25, 0.3) is 0 Å². The van der Waals surface area contributed by atoms with E-state index >= 15 is 0 Å². The molecule has 1 rings (SSSR count). The van der Waals surface area contributed by atoms with Crippen LogP contribution in [0.2, 0.25) is 0 Å². The molecule has 0 aromatic heterocycles.